The number of pyridine rings is 2. The van der Waals surface area contributed by atoms with E-state index in [0.29, 0.717) is 11.6 Å². The van der Waals surface area contributed by atoms with Gasteiger partial charge in [0.2, 0.25) is 0 Å². The van der Waals surface area contributed by atoms with Crippen molar-refractivity contribution in [1.29, 1.82) is 0 Å². The topological polar surface area (TPSA) is 92.9 Å². The minimum Gasteiger partial charge on any atom is -0.383 e. The molecule has 2 aromatic heterocycles. The minimum absolute atomic E-state index is 0.0486. The first-order chi connectivity index (χ1) is 12.5. The monoisotopic (exact) mass is 349 g/mol. The third-order valence-corrected chi connectivity index (χ3v) is 4.08. The van der Waals surface area contributed by atoms with Gasteiger partial charge in [-0.3, -0.25) is 5.32 Å². The number of hydrogen-bond acceptors (Lipinski definition) is 4. The third-order valence-electron chi connectivity index (χ3n) is 4.08. The molecule has 0 bridgehead atoms. The van der Waals surface area contributed by atoms with E-state index in [9.17, 15) is 4.79 Å². The highest BCUT2D eigenvalue weighted by molar-refractivity contribution is 5.97. The Hall–Kier alpha value is -3.15. The highest BCUT2D eigenvalue weighted by atomic mass is 16.2. The Morgan fingerprint density at radius 2 is 2.00 bits per heavy atom. The molecule has 0 spiro atoms. The molecule has 26 heavy (non-hydrogen) atoms. The van der Waals surface area contributed by atoms with E-state index in [2.05, 4.69) is 33.6 Å². The summed E-state index contributed by atoms with van der Waals surface area (Å²) in [5.74, 6) is 0.894. The number of hydrogen-bond donors (Lipinski definition) is 3. The summed E-state index contributed by atoms with van der Waals surface area (Å²) in [5.41, 5.74) is 9.24. The van der Waals surface area contributed by atoms with Crippen LogP contribution in [0, 0.1) is 0 Å². The molecule has 0 fully saturated rings. The number of carbonyl (C=O) groups is 1. The Morgan fingerprint density at radius 3 is 2.73 bits per heavy atom. The molecule has 3 rings (SSSR count). The van der Waals surface area contributed by atoms with Gasteiger partial charge in [0.1, 0.15) is 11.6 Å². The van der Waals surface area contributed by atoms with Gasteiger partial charge < -0.3 is 11.1 Å². The fraction of sp³-hybridized carbons (Fsp3) is 0.250. The number of carbonyl (C=O) groups excluding carboxylic acids is 1. The maximum Gasteiger partial charge on any atom is 0.320 e. The van der Waals surface area contributed by atoms with Gasteiger partial charge in [0.05, 0.1) is 5.69 Å². The van der Waals surface area contributed by atoms with Crippen molar-refractivity contribution in [3.63, 3.8) is 0 Å². The number of nitrogens with zero attached hydrogens (tertiary/aromatic N) is 2. The van der Waals surface area contributed by atoms with Crippen LogP contribution in [0.25, 0.3) is 22.0 Å². The maximum atomic E-state index is 11.9. The highest BCUT2D eigenvalue weighted by Crippen LogP contribution is 2.29. The predicted octanol–water partition coefficient (Wildman–Crippen LogP) is 3.97. The third kappa shape index (κ3) is 3.74. The predicted molar refractivity (Wildman–Crippen MR) is 106 cm³/mol. The Balaban J connectivity index is 2.02. The van der Waals surface area contributed by atoms with Gasteiger partial charge in [-0.15, -0.1) is 0 Å². The van der Waals surface area contributed by atoms with Crippen LogP contribution in [0.5, 0.6) is 0 Å². The lowest BCUT2D eigenvalue weighted by Crippen LogP contribution is -2.34. The van der Waals surface area contributed by atoms with Gasteiger partial charge in [0, 0.05) is 23.2 Å². The number of benzene rings is 1. The Morgan fingerprint density at radius 1 is 1.23 bits per heavy atom. The van der Waals surface area contributed by atoms with E-state index in [-0.39, 0.29) is 12.1 Å². The molecule has 2 heterocycles. The van der Waals surface area contributed by atoms with E-state index in [1.54, 1.807) is 6.20 Å². The molecule has 134 valence electrons. The van der Waals surface area contributed by atoms with Gasteiger partial charge in [0.25, 0.3) is 0 Å². The number of aryl methyl sites for hydroxylation is 1. The van der Waals surface area contributed by atoms with Crippen molar-refractivity contribution in [3.8, 4) is 11.3 Å². The van der Waals surface area contributed by atoms with Gasteiger partial charge in [-0.05, 0) is 43.4 Å². The van der Waals surface area contributed by atoms with Crippen molar-refractivity contribution < 1.29 is 4.79 Å². The summed E-state index contributed by atoms with van der Waals surface area (Å²) in [4.78, 5) is 20.7. The van der Waals surface area contributed by atoms with E-state index >= 15 is 0 Å². The zero-order valence-corrected chi connectivity index (χ0v) is 15.2. The van der Waals surface area contributed by atoms with Crippen LogP contribution >= 0.6 is 0 Å². The molecule has 0 saturated carbocycles. The summed E-state index contributed by atoms with van der Waals surface area (Å²) in [5, 5.41) is 7.16. The quantitative estimate of drug-likeness (QED) is 0.664. The molecule has 0 aliphatic heterocycles. The molecule has 1 aromatic carbocycles. The first-order valence-electron chi connectivity index (χ1n) is 8.70. The maximum absolute atomic E-state index is 11.9. The molecular formula is C20H23N5O. The molecule has 0 radical (unpaired) electrons. The van der Waals surface area contributed by atoms with Crippen LogP contribution in [0.15, 0.2) is 42.6 Å². The van der Waals surface area contributed by atoms with Crippen molar-refractivity contribution in [2.75, 3.05) is 11.1 Å². The highest BCUT2D eigenvalue weighted by Gasteiger charge is 2.11. The molecule has 6 heteroatoms. The molecule has 2 amide bonds. The summed E-state index contributed by atoms with van der Waals surface area (Å²) in [7, 11) is 0. The second kappa shape index (κ2) is 7.39. The van der Waals surface area contributed by atoms with Gasteiger partial charge in [-0.2, -0.15) is 0 Å². The first-order valence-corrected chi connectivity index (χ1v) is 8.70. The number of nitrogen functional groups attached to an aromatic ring is 1. The average Bonchev–Trinajstić information content (AvgIpc) is 2.60. The normalized spacial score (nSPS) is 10.9. The lowest BCUT2D eigenvalue weighted by atomic mass is 10.0. The number of aromatic nitrogens is 2. The van der Waals surface area contributed by atoms with E-state index in [1.807, 2.05) is 44.2 Å². The number of amides is 2. The number of nitrogens with one attached hydrogen (secondary N) is 2. The Labute approximate surface area is 152 Å². The van der Waals surface area contributed by atoms with Crippen molar-refractivity contribution >= 4 is 28.4 Å². The summed E-state index contributed by atoms with van der Waals surface area (Å²) >= 11 is 0. The molecule has 0 atom stereocenters. The lowest BCUT2D eigenvalue weighted by Gasteiger charge is -2.12. The number of urea groups is 1. The molecule has 0 saturated heterocycles. The van der Waals surface area contributed by atoms with Crippen LogP contribution in [0.1, 0.15) is 26.3 Å². The largest absolute Gasteiger partial charge is 0.383 e. The van der Waals surface area contributed by atoms with Crippen LogP contribution in [-0.4, -0.2) is 22.0 Å². The van der Waals surface area contributed by atoms with Crippen LogP contribution in [-0.2, 0) is 6.42 Å². The van der Waals surface area contributed by atoms with E-state index in [4.69, 9.17) is 5.73 Å². The number of fused-ring (bicyclic) bond motifs is 1. The van der Waals surface area contributed by atoms with E-state index < -0.39 is 0 Å². The van der Waals surface area contributed by atoms with E-state index in [0.717, 1.165) is 28.5 Å². The minimum atomic E-state index is -0.287. The zero-order chi connectivity index (χ0) is 18.7. The van der Waals surface area contributed by atoms with Gasteiger partial charge >= 0.3 is 6.03 Å². The van der Waals surface area contributed by atoms with E-state index in [1.165, 1.54) is 5.56 Å². The summed E-state index contributed by atoms with van der Waals surface area (Å²) < 4.78 is 0. The standard InChI is InChI=1S/C20H23N5O/c1-4-13-7-5-6-8-15(13)17-9-14-10-18(25-20(26)23-12(2)3)22-11-16(14)19(21)24-17/h5-12H,4H2,1-3H3,(H2,21,24)(H2,22,23,25,26). The van der Waals surface area contributed by atoms with Crippen LogP contribution < -0.4 is 16.4 Å². The summed E-state index contributed by atoms with van der Waals surface area (Å²) in [6.07, 6.45) is 2.55. The number of anilines is 2. The van der Waals surface area contributed by atoms with Crippen molar-refractivity contribution in [3.05, 3.63) is 48.2 Å². The van der Waals surface area contributed by atoms with Crippen LogP contribution in [0.2, 0.25) is 0 Å². The second-order valence-corrected chi connectivity index (χ2v) is 6.45. The van der Waals surface area contributed by atoms with Crippen molar-refractivity contribution in [2.24, 2.45) is 0 Å². The number of rotatable bonds is 4. The molecule has 0 aliphatic carbocycles. The molecule has 0 aliphatic rings. The molecule has 0 unspecified atom stereocenters. The molecule has 3 aromatic rings. The molecule has 4 N–H and O–H groups in total. The van der Waals surface area contributed by atoms with Gasteiger partial charge in [-0.1, -0.05) is 31.2 Å². The van der Waals surface area contributed by atoms with Gasteiger partial charge in [0.15, 0.2) is 0 Å². The Kier molecular flexibility index (Phi) is 5.02. The lowest BCUT2D eigenvalue weighted by molar-refractivity contribution is 0.250. The van der Waals surface area contributed by atoms with Crippen LogP contribution in [0.4, 0.5) is 16.4 Å². The smallest absolute Gasteiger partial charge is 0.320 e. The van der Waals surface area contributed by atoms with Crippen LogP contribution in [0.3, 0.4) is 0 Å². The van der Waals surface area contributed by atoms with Gasteiger partial charge in [-0.25, -0.2) is 14.8 Å². The summed E-state index contributed by atoms with van der Waals surface area (Å²) in [6.45, 7) is 5.91. The number of nitrogens with two attached hydrogens (primary N) is 1. The SMILES string of the molecule is CCc1ccccc1-c1cc2cc(NC(=O)NC(C)C)ncc2c(N)n1. The summed E-state index contributed by atoms with van der Waals surface area (Å²) in [6, 6.07) is 11.7. The fourth-order valence-electron chi connectivity index (χ4n) is 2.87. The van der Waals surface area contributed by atoms with Crippen molar-refractivity contribution in [1.82, 2.24) is 15.3 Å². The fourth-order valence-corrected chi connectivity index (χ4v) is 2.87. The first kappa shape index (κ1) is 17.7. The second-order valence-electron chi connectivity index (χ2n) is 6.45. The van der Waals surface area contributed by atoms with Crippen molar-refractivity contribution in [2.45, 2.75) is 33.2 Å². The average molecular weight is 349 g/mol. The molecular weight excluding hydrogens is 326 g/mol. The Bertz CT molecular complexity index is 952. The zero-order valence-electron chi connectivity index (χ0n) is 15.2. The molecule has 6 nitrogen and oxygen atoms in total.